The van der Waals surface area contributed by atoms with Crippen LogP contribution < -0.4 is 14.5 Å². The van der Waals surface area contributed by atoms with Crippen molar-refractivity contribution >= 4 is 38.9 Å². The average Bonchev–Trinajstić information content (AvgIpc) is 3.26. The number of nitrogens with one attached hydrogen (secondary N) is 1. The number of sulfonamides is 1. The first-order valence-corrected chi connectivity index (χ1v) is 13.0. The third kappa shape index (κ3) is 5.38. The molecule has 1 fully saturated rings. The number of nitrogens with zero attached hydrogens (tertiary/aromatic N) is 2. The van der Waals surface area contributed by atoms with E-state index in [0.717, 1.165) is 33.1 Å². The summed E-state index contributed by atoms with van der Waals surface area (Å²) in [6, 6.07) is 19.1. The molecule has 0 radical (unpaired) electrons. The normalized spacial score (nSPS) is 13.7. The van der Waals surface area contributed by atoms with Gasteiger partial charge in [-0.05, 0) is 80.8 Å². The van der Waals surface area contributed by atoms with Gasteiger partial charge in [0.2, 0.25) is 11.8 Å². The molecule has 182 valence electrons. The molecule has 1 N–H and O–H groups in total. The maximum absolute atomic E-state index is 13.6. The number of amides is 2. The highest BCUT2D eigenvalue weighted by Gasteiger charge is 2.28. The largest absolute Gasteiger partial charge is 0.325 e. The lowest BCUT2D eigenvalue weighted by atomic mass is 10.1. The van der Waals surface area contributed by atoms with Gasteiger partial charge in [0.05, 0.1) is 10.6 Å². The van der Waals surface area contributed by atoms with E-state index in [1.165, 1.54) is 0 Å². The van der Waals surface area contributed by atoms with E-state index in [4.69, 9.17) is 0 Å². The second-order valence-corrected chi connectivity index (χ2v) is 10.7. The molecule has 0 atom stereocenters. The lowest BCUT2D eigenvalue weighted by Gasteiger charge is -2.26. The Bertz CT molecular complexity index is 1350. The van der Waals surface area contributed by atoms with E-state index in [9.17, 15) is 18.0 Å². The van der Waals surface area contributed by atoms with Crippen LogP contribution in [-0.2, 0) is 19.6 Å². The van der Waals surface area contributed by atoms with E-state index in [1.54, 1.807) is 59.5 Å². The number of benzene rings is 3. The predicted octanol–water partition coefficient (Wildman–Crippen LogP) is 4.57. The molecule has 8 heteroatoms. The number of hydrogen-bond acceptors (Lipinski definition) is 4. The third-order valence-corrected chi connectivity index (χ3v) is 7.84. The van der Waals surface area contributed by atoms with E-state index < -0.39 is 15.9 Å². The average molecular weight is 492 g/mol. The number of hydrogen-bond donors (Lipinski definition) is 1. The Balaban J connectivity index is 1.59. The van der Waals surface area contributed by atoms with Gasteiger partial charge >= 0.3 is 0 Å². The van der Waals surface area contributed by atoms with Gasteiger partial charge in [-0.25, -0.2) is 8.42 Å². The zero-order valence-corrected chi connectivity index (χ0v) is 20.9. The van der Waals surface area contributed by atoms with Gasteiger partial charge < -0.3 is 10.2 Å². The molecule has 35 heavy (non-hydrogen) atoms. The molecule has 1 heterocycles. The Morgan fingerprint density at radius 1 is 0.943 bits per heavy atom. The molecule has 0 unspecified atom stereocenters. The maximum Gasteiger partial charge on any atom is 0.264 e. The molecule has 3 aromatic carbocycles. The van der Waals surface area contributed by atoms with Crippen LogP contribution in [0.25, 0.3) is 0 Å². The summed E-state index contributed by atoms with van der Waals surface area (Å²) < 4.78 is 28.4. The summed E-state index contributed by atoms with van der Waals surface area (Å²) in [7, 11) is -3.99. The Labute approximate surface area is 206 Å². The van der Waals surface area contributed by atoms with Crippen molar-refractivity contribution < 1.29 is 18.0 Å². The Hall–Kier alpha value is -3.65. The van der Waals surface area contributed by atoms with Crippen molar-refractivity contribution in [1.82, 2.24) is 0 Å². The van der Waals surface area contributed by atoms with Gasteiger partial charge in [0.1, 0.15) is 6.54 Å². The number of rotatable bonds is 7. The minimum Gasteiger partial charge on any atom is -0.325 e. The quantitative estimate of drug-likeness (QED) is 0.524. The summed E-state index contributed by atoms with van der Waals surface area (Å²) in [6.45, 7) is 5.89. The van der Waals surface area contributed by atoms with Crippen LogP contribution >= 0.6 is 0 Å². The molecular weight excluding hydrogens is 462 g/mol. The van der Waals surface area contributed by atoms with Crippen molar-refractivity contribution in [2.75, 3.05) is 27.6 Å². The lowest BCUT2D eigenvalue weighted by molar-refractivity contribution is -0.117. The predicted molar refractivity (Wildman–Crippen MR) is 138 cm³/mol. The lowest BCUT2D eigenvalue weighted by Crippen LogP contribution is -2.38. The summed E-state index contributed by atoms with van der Waals surface area (Å²) in [5.41, 5.74) is 4.35. The summed E-state index contributed by atoms with van der Waals surface area (Å²) in [5, 5.41) is 2.79. The monoisotopic (exact) mass is 491 g/mol. The van der Waals surface area contributed by atoms with E-state index in [-0.39, 0.29) is 17.3 Å². The second-order valence-electron chi connectivity index (χ2n) is 8.86. The van der Waals surface area contributed by atoms with Crippen LogP contribution in [0.4, 0.5) is 17.1 Å². The van der Waals surface area contributed by atoms with Gasteiger partial charge in [-0.2, -0.15) is 0 Å². The molecule has 0 spiro atoms. The zero-order valence-electron chi connectivity index (χ0n) is 20.1. The van der Waals surface area contributed by atoms with Crippen LogP contribution in [0.3, 0.4) is 0 Å². The smallest absolute Gasteiger partial charge is 0.264 e. The molecule has 0 saturated carbocycles. The van der Waals surface area contributed by atoms with Gasteiger partial charge in [-0.3, -0.25) is 13.9 Å². The zero-order chi connectivity index (χ0) is 25.2. The van der Waals surface area contributed by atoms with Crippen LogP contribution in [0.1, 0.15) is 29.5 Å². The third-order valence-electron chi connectivity index (χ3n) is 6.07. The molecule has 1 aliphatic rings. The second kappa shape index (κ2) is 9.92. The van der Waals surface area contributed by atoms with Gasteiger partial charge in [0.25, 0.3) is 10.0 Å². The van der Waals surface area contributed by atoms with Crippen molar-refractivity contribution in [1.29, 1.82) is 0 Å². The topological polar surface area (TPSA) is 86.8 Å². The fraction of sp³-hybridized carbons (Fsp3) is 0.259. The van der Waals surface area contributed by atoms with Gasteiger partial charge in [-0.1, -0.05) is 29.8 Å². The molecule has 0 bridgehead atoms. The van der Waals surface area contributed by atoms with E-state index in [2.05, 4.69) is 5.32 Å². The molecule has 7 nitrogen and oxygen atoms in total. The molecule has 4 rings (SSSR count). The minimum atomic E-state index is -3.99. The highest BCUT2D eigenvalue weighted by molar-refractivity contribution is 7.92. The molecule has 1 aliphatic heterocycles. The summed E-state index contributed by atoms with van der Waals surface area (Å²) in [4.78, 5) is 26.9. The van der Waals surface area contributed by atoms with E-state index in [1.807, 2.05) is 32.9 Å². The minimum absolute atomic E-state index is 0.0901. The highest BCUT2D eigenvalue weighted by Crippen LogP contribution is 2.28. The number of aryl methyl sites for hydroxylation is 3. The molecule has 0 aliphatic carbocycles. The molecular formula is C27H29N3O4S. The Kier molecular flexibility index (Phi) is 6.93. The van der Waals surface area contributed by atoms with Crippen molar-refractivity contribution in [3.8, 4) is 0 Å². The standard InChI is InChI=1S/C27H29N3O4S/c1-19-7-14-24(15-8-19)35(33,34)30(25-17-20(2)6-9-21(25)3)18-26(31)28-22-10-12-23(13-11-22)29-16-4-5-27(29)32/h6-15,17H,4-5,16,18H2,1-3H3,(H,28,31). The Morgan fingerprint density at radius 2 is 1.60 bits per heavy atom. The van der Waals surface area contributed by atoms with Crippen LogP contribution in [-0.4, -0.2) is 33.3 Å². The maximum atomic E-state index is 13.6. The fourth-order valence-corrected chi connectivity index (χ4v) is 5.58. The summed E-state index contributed by atoms with van der Waals surface area (Å²) >= 11 is 0. The van der Waals surface area contributed by atoms with Gasteiger partial charge in [-0.15, -0.1) is 0 Å². The van der Waals surface area contributed by atoms with E-state index in [0.29, 0.717) is 24.3 Å². The molecule has 0 aromatic heterocycles. The van der Waals surface area contributed by atoms with Crippen molar-refractivity contribution in [3.63, 3.8) is 0 Å². The Morgan fingerprint density at radius 3 is 2.23 bits per heavy atom. The van der Waals surface area contributed by atoms with Crippen LogP contribution in [0.2, 0.25) is 0 Å². The van der Waals surface area contributed by atoms with Crippen molar-refractivity contribution in [2.24, 2.45) is 0 Å². The molecule has 2 amide bonds. The SMILES string of the molecule is Cc1ccc(S(=O)(=O)N(CC(=O)Nc2ccc(N3CCCC3=O)cc2)c2cc(C)ccc2C)cc1. The molecule has 3 aromatic rings. The highest BCUT2D eigenvalue weighted by atomic mass is 32.2. The number of carbonyl (C=O) groups is 2. The number of anilines is 3. The fourth-order valence-electron chi connectivity index (χ4n) is 4.10. The van der Waals surface area contributed by atoms with Crippen molar-refractivity contribution in [3.05, 3.63) is 83.4 Å². The van der Waals surface area contributed by atoms with Crippen molar-refractivity contribution in [2.45, 2.75) is 38.5 Å². The molecule has 1 saturated heterocycles. The first-order chi connectivity index (χ1) is 16.6. The summed E-state index contributed by atoms with van der Waals surface area (Å²) in [6.07, 6.45) is 1.38. The first-order valence-electron chi connectivity index (χ1n) is 11.5. The summed E-state index contributed by atoms with van der Waals surface area (Å²) in [5.74, 6) is -0.376. The van der Waals surface area contributed by atoms with Crippen LogP contribution in [0.15, 0.2) is 71.6 Å². The van der Waals surface area contributed by atoms with Crippen LogP contribution in [0.5, 0.6) is 0 Å². The first kappa shape index (κ1) is 24.5. The van der Waals surface area contributed by atoms with E-state index >= 15 is 0 Å². The van der Waals surface area contributed by atoms with Gasteiger partial charge in [0, 0.05) is 24.3 Å². The van der Waals surface area contributed by atoms with Crippen LogP contribution in [0, 0.1) is 20.8 Å². The number of carbonyl (C=O) groups excluding carboxylic acids is 2. The van der Waals surface area contributed by atoms with Gasteiger partial charge in [0.15, 0.2) is 0 Å².